The molecule has 54 valence electrons. The lowest BCUT2D eigenvalue weighted by Gasteiger charge is -2.05. The van der Waals surface area contributed by atoms with E-state index in [0.29, 0.717) is 6.04 Å². The van der Waals surface area contributed by atoms with Crippen molar-refractivity contribution in [2.75, 3.05) is 0 Å². The van der Waals surface area contributed by atoms with Gasteiger partial charge in [0.05, 0.1) is 6.04 Å². The van der Waals surface area contributed by atoms with Crippen LogP contribution in [0.5, 0.6) is 0 Å². The topological polar surface area (TPSA) is 55.1 Å². The summed E-state index contributed by atoms with van der Waals surface area (Å²) < 4.78 is 0. The molecule has 1 fully saturated rings. The van der Waals surface area contributed by atoms with Crippen molar-refractivity contribution in [2.24, 2.45) is 5.73 Å². The number of amides is 1. The maximum absolute atomic E-state index is 10.5. The Kier molecular flexibility index (Phi) is 1.71. The predicted molar refractivity (Wildman–Crippen MR) is 36.9 cm³/mol. The Bertz CT molecular complexity index is 129. The zero-order valence-corrected chi connectivity index (χ0v) is 5.55. The minimum Gasteiger partial charge on any atom is -0.368 e. The summed E-state index contributed by atoms with van der Waals surface area (Å²) in [7, 11) is 0. The van der Waals surface area contributed by atoms with Crippen LogP contribution >= 0.6 is 0 Å². The molecule has 0 aliphatic carbocycles. The van der Waals surface area contributed by atoms with Gasteiger partial charge in [0, 0.05) is 7.47 Å². The van der Waals surface area contributed by atoms with Gasteiger partial charge in [0.15, 0.2) is 0 Å². The Labute approximate surface area is 56.1 Å². The Morgan fingerprint density at radius 2 is 2.44 bits per heavy atom. The highest BCUT2D eigenvalue weighted by atomic mass is 16.1. The van der Waals surface area contributed by atoms with E-state index in [1.165, 1.54) is 0 Å². The van der Waals surface area contributed by atoms with Gasteiger partial charge < -0.3 is 11.1 Å². The van der Waals surface area contributed by atoms with E-state index in [9.17, 15) is 4.79 Å². The predicted octanol–water partition coefficient (Wildman–Crippen LogP) is -0.142. The number of carbonyl (C=O) groups excluding carboxylic acids is 1. The van der Waals surface area contributed by atoms with Crippen molar-refractivity contribution in [3.63, 3.8) is 0 Å². The van der Waals surface area contributed by atoms with Gasteiger partial charge in [-0.15, -0.1) is 0 Å². The number of nitrogens with one attached hydrogen (secondary N) is 1. The van der Waals surface area contributed by atoms with Crippen LogP contribution in [0, 0.1) is 0 Å². The van der Waals surface area contributed by atoms with Crippen LogP contribution in [0.1, 0.15) is 21.2 Å². The SMILES string of the molecule is CC1CCC(C(N)=O)N1.[HH]. The molecule has 0 aromatic rings. The lowest BCUT2D eigenvalue weighted by Crippen LogP contribution is -2.38. The zero-order valence-electron chi connectivity index (χ0n) is 5.55. The van der Waals surface area contributed by atoms with Gasteiger partial charge in [-0.2, -0.15) is 0 Å². The molecular weight excluding hydrogens is 116 g/mol. The average molecular weight is 130 g/mol. The van der Waals surface area contributed by atoms with Gasteiger partial charge in [0.1, 0.15) is 0 Å². The summed E-state index contributed by atoms with van der Waals surface area (Å²) in [4.78, 5) is 10.5. The minimum absolute atomic E-state index is 0. The molecule has 1 aliphatic heterocycles. The second kappa shape index (κ2) is 2.35. The molecule has 0 aromatic heterocycles. The summed E-state index contributed by atoms with van der Waals surface area (Å²) in [5.74, 6) is -0.223. The lowest BCUT2D eigenvalue weighted by molar-refractivity contribution is -0.119. The summed E-state index contributed by atoms with van der Waals surface area (Å²) in [6.07, 6.45) is 1.96. The highest BCUT2D eigenvalue weighted by molar-refractivity contribution is 5.80. The number of carbonyl (C=O) groups is 1. The van der Waals surface area contributed by atoms with Crippen molar-refractivity contribution >= 4 is 5.91 Å². The van der Waals surface area contributed by atoms with E-state index in [1.807, 2.05) is 0 Å². The van der Waals surface area contributed by atoms with E-state index in [4.69, 9.17) is 5.73 Å². The molecule has 3 heteroatoms. The van der Waals surface area contributed by atoms with Crippen LogP contribution in [0.2, 0.25) is 0 Å². The Morgan fingerprint density at radius 1 is 1.78 bits per heavy atom. The second-order valence-electron chi connectivity index (χ2n) is 2.60. The Hall–Kier alpha value is -0.570. The van der Waals surface area contributed by atoms with Gasteiger partial charge in [-0.25, -0.2) is 0 Å². The van der Waals surface area contributed by atoms with E-state index in [-0.39, 0.29) is 13.4 Å². The third-order valence-electron chi connectivity index (χ3n) is 1.72. The van der Waals surface area contributed by atoms with Crippen LogP contribution < -0.4 is 11.1 Å². The fourth-order valence-electron chi connectivity index (χ4n) is 1.15. The van der Waals surface area contributed by atoms with Crippen molar-refractivity contribution in [1.29, 1.82) is 0 Å². The molecule has 0 radical (unpaired) electrons. The molecule has 0 aromatic carbocycles. The molecule has 1 rings (SSSR count). The summed E-state index contributed by atoms with van der Waals surface area (Å²) in [5, 5.41) is 3.08. The first-order valence-electron chi connectivity index (χ1n) is 3.25. The molecule has 1 heterocycles. The Balaban J connectivity index is 0.000000810. The molecule has 1 aliphatic rings. The van der Waals surface area contributed by atoms with E-state index in [0.717, 1.165) is 12.8 Å². The van der Waals surface area contributed by atoms with Crippen molar-refractivity contribution < 1.29 is 6.22 Å². The normalized spacial score (nSPS) is 34.8. The number of hydrogen-bond acceptors (Lipinski definition) is 2. The minimum atomic E-state index is -0.223. The number of primary amides is 1. The fraction of sp³-hybridized carbons (Fsp3) is 0.833. The number of hydrogen-bond donors (Lipinski definition) is 2. The molecule has 1 saturated heterocycles. The van der Waals surface area contributed by atoms with Crippen molar-refractivity contribution in [1.82, 2.24) is 5.32 Å². The molecule has 0 spiro atoms. The lowest BCUT2D eigenvalue weighted by atomic mass is 10.2. The van der Waals surface area contributed by atoms with Gasteiger partial charge in [-0.1, -0.05) is 0 Å². The maximum Gasteiger partial charge on any atom is 0.234 e. The third-order valence-corrected chi connectivity index (χ3v) is 1.72. The van der Waals surface area contributed by atoms with Crippen LogP contribution in [0.15, 0.2) is 0 Å². The first kappa shape index (κ1) is 6.55. The number of rotatable bonds is 1. The molecule has 3 N–H and O–H groups in total. The summed E-state index contributed by atoms with van der Waals surface area (Å²) in [6, 6.07) is 0.391. The van der Waals surface area contributed by atoms with Crippen LogP contribution in [0.4, 0.5) is 0 Å². The first-order valence-corrected chi connectivity index (χ1v) is 3.25. The molecule has 0 bridgehead atoms. The molecule has 2 atom stereocenters. The highest BCUT2D eigenvalue weighted by Crippen LogP contribution is 2.10. The van der Waals surface area contributed by atoms with E-state index in [2.05, 4.69) is 12.2 Å². The second-order valence-corrected chi connectivity index (χ2v) is 2.60. The molecule has 0 saturated carbocycles. The van der Waals surface area contributed by atoms with Crippen LogP contribution in [-0.4, -0.2) is 18.0 Å². The van der Waals surface area contributed by atoms with Gasteiger partial charge >= 0.3 is 0 Å². The average Bonchev–Trinajstić information content (AvgIpc) is 2.14. The van der Waals surface area contributed by atoms with Gasteiger partial charge in [0.25, 0.3) is 0 Å². The van der Waals surface area contributed by atoms with E-state index < -0.39 is 0 Å². The van der Waals surface area contributed by atoms with Gasteiger partial charge in [0.2, 0.25) is 5.91 Å². The van der Waals surface area contributed by atoms with E-state index in [1.54, 1.807) is 0 Å². The molecule has 9 heavy (non-hydrogen) atoms. The first-order chi connectivity index (χ1) is 4.20. The van der Waals surface area contributed by atoms with Crippen LogP contribution in [-0.2, 0) is 4.79 Å². The van der Waals surface area contributed by atoms with E-state index >= 15 is 0 Å². The van der Waals surface area contributed by atoms with Crippen LogP contribution in [0.25, 0.3) is 0 Å². The summed E-state index contributed by atoms with van der Waals surface area (Å²) in [5.41, 5.74) is 5.06. The monoisotopic (exact) mass is 130 g/mol. The van der Waals surface area contributed by atoms with Crippen LogP contribution in [0.3, 0.4) is 0 Å². The largest absolute Gasteiger partial charge is 0.368 e. The quantitative estimate of drug-likeness (QED) is 0.519. The molecule has 1 amide bonds. The zero-order chi connectivity index (χ0) is 6.85. The standard InChI is InChI=1S/C6H12N2O.H2/c1-4-2-3-5(8-4)6(7)9;/h4-5,8H,2-3H2,1H3,(H2,7,9);1H. The van der Waals surface area contributed by atoms with Gasteiger partial charge in [-0.05, 0) is 19.8 Å². The highest BCUT2D eigenvalue weighted by Gasteiger charge is 2.23. The fourth-order valence-corrected chi connectivity index (χ4v) is 1.15. The van der Waals surface area contributed by atoms with Gasteiger partial charge in [-0.3, -0.25) is 4.79 Å². The number of nitrogens with two attached hydrogens (primary N) is 1. The Morgan fingerprint density at radius 3 is 2.67 bits per heavy atom. The summed E-state index contributed by atoms with van der Waals surface area (Å²) >= 11 is 0. The van der Waals surface area contributed by atoms with Crippen molar-refractivity contribution in [3.05, 3.63) is 0 Å². The third kappa shape index (κ3) is 1.42. The maximum atomic E-state index is 10.5. The molecule has 3 nitrogen and oxygen atoms in total. The van der Waals surface area contributed by atoms with Crippen molar-refractivity contribution in [2.45, 2.75) is 31.8 Å². The molecule has 2 unspecified atom stereocenters. The summed E-state index contributed by atoms with van der Waals surface area (Å²) in [6.45, 7) is 2.06. The van der Waals surface area contributed by atoms with Crippen molar-refractivity contribution in [3.8, 4) is 0 Å². The molecular formula is C6H14N2O. The smallest absolute Gasteiger partial charge is 0.234 e.